The molecule has 0 radical (unpaired) electrons. The zero-order valence-electron chi connectivity index (χ0n) is 10.8. The smallest absolute Gasteiger partial charge is 0.161 e. The molecule has 0 amide bonds. The summed E-state index contributed by atoms with van der Waals surface area (Å²) in [5.41, 5.74) is 1.20. The van der Waals surface area contributed by atoms with Crippen LogP contribution >= 0.6 is 11.3 Å². The van der Waals surface area contributed by atoms with Crippen molar-refractivity contribution in [2.24, 2.45) is 0 Å². The first-order chi connectivity index (χ1) is 9.36. The number of nitrogens with zero attached hydrogens (tertiary/aromatic N) is 1. The van der Waals surface area contributed by atoms with Crippen molar-refractivity contribution in [3.05, 3.63) is 40.3 Å². The fourth-order valence-electron chi connectivity index (χ4n) is 2.19. The Bertz CT molecular complexity index is 542. The second-order valence-corrected chi connectivity index (χ2v) is 5.35. The van der Waals surface area contributed by atoms with Crippen molar-refractivity contribution in [1.82, 2.24) is 10.3 Å². The minimum absolute atomic E-state index is 0.238. The van der Waals surface area contributed by atoms with E-state index in [-0.39, 0.29) is 6.04 Å². The number of rotatable bonds is 4. The predicted molar refractivity (Wildman–Crippen MR) is 75.1 cm³/mol. The highest BCUT2D eigenvalue weighted by Crippen LogP contribution is 2.33. The van der Waals surface area contributed by atoms with E-state index in [0.717, 1.165) is 22.9 Å². The zero-order valence-corrected chi connectivity index (χ0v) is 11.6. The Morgan fingerprint density at radius 1 is 1.32 bits per heavy atom. The van der Waals surface area contributed by atoms with Crippen molar-refractivity contribution >= 4 is 11.3 Å². The van der Waals surface area contributed by atoms with Crippen LogP contribution < -0.4 is 14.8 Å². The summed E-state index contributed by atoms with van der Waals surface area (Å²) in [6.45, 7) is 1.24. The lowest BCUT2D eigenvalue weighted by Crippen LogP contribution is -2.20. The molecule has 1 aromatic carbocycles. The van der Waals surface area contributed by atoms with Crippen LogP contribution in [0.4, 0.5) is 0 Å². The summed E-state index contributed by atoms with van der Waals surface area (Å²) in [7, 11) is 1.97. The SMILES string of the molecule is CNC(Cc1nccs1)c1ccc2c(c1)OCCO2. The number of likely N-dealkylation sites (N-methyl/N-ethyl adjacent to an activating group) is 1. The second kappa shape index (κ2) is 5.59. The number of aromatic nitrogens is 1. The number of ether oxygens (including phenoxy) is 2. The average molecular weight is 276 g/mol. The van der Waals surface area contributed by atoms with Crippen molar-refractivity contribution in [3.63, 3.8) is 0 Å². The number of hydrogen-bond acceptors (Lipinski definition) is 5. The molecule has 0 saturated carbocycles. The summed E-state index contributed by atoms with van der Waals surface area (Å²) in [6, 6.07) is 6.36. The van der Waals surface area contributed by atoms with Crippen molar-refractivity contribution < 1.29 is 9.47 Å². The Morgan fingerprint density at radius 2 is 2.16 bits per heavy atom. The minimum Gasteiger partial charge on any atom is -0.486 e. The maximum absolute atomic E-state index is 5.63. The number of fused-ring (bicyclic) bond motifs is 1. The summed E-state index contributed by atoms with van der Waals surface area (Å²) < 4.78 is 11.2. The Balaban J connectivity index is 1.82. The molecule has 1 aromatic heterocycles. The van der Waals surface area contributed by atoms with Crippen molar-refractivity contribution in [2.75, 3.05) is 20.3 Å². The molecule has 3 rings (SSSR count). The molecule has 19 heavy (non-hydrogen) atoms. The van der Waals surface area contributed by atoms with Gasteiger partial charge in [-0.2, -0.15) is 0 Å². The Morgan fingerprint density at radius 3 is 2.89 bits per heavy atom. The van der Waals surface area contributed by atoms with Crippen LogP contribution in [0.1, 0.15) is 16.6 Å². The third-order valence-electron chi connectivity index (χ3n) is 3.18. The van der Waals surface area contributed by atoms with Crippen molar-refractivity contribution in [2.45, 2.75) is 12.5 Å². The summed E-state index contributed by atoms with van der Waals surface area (Å²) >= 11 is 1.68. The van der Waals surface area contributed by atoms with Crippen molar-refractivity contribution in [1.29, 1.82) is 0 Å². The molecule has 0 bridgehead atoms. The maximum Gasteiger partial charge on any atom is 0.161 e. The standard InChI is InChI=1S/C14H16N2O2S/c1-15-11(9-14-16-4-7-19-14)10-2-3-12-13(8-10)18-6-5-17-12/h2-4,7-8,11,15H,5-6,9H2,1H3. The van der Waals surface area contributed by atoms with Crippen molar-refractivity contribution in [3.8, 4) is 11.5 Å². The lowest BCUT2D eigenvalue weighted by Gasteiger charge is -2.21. The predicted octanol–water partition coefficient (Wildman–Crippen LogP) is 2.42. The molecule has 5 heteroatoms. The van der Waals surface area contributed by atoms with E-state index >= 15 is 0 Å². The lowest BCUT2D eigenvalue weighted by molar-refractivity contribution is 0.171. The first kappa shape index (κ1) is 12.4. The van der Waals surface area contributed by atoms with Crippen LogP contribution in [0, 0.1) is 0 Å². The number of benzene rings is 1. The molecule has 2 heterocycles. The molecule has 0 fully saturated rings. The van der Waals surface area contributed by atoms with E-state index < -0.39 is 0 Å². The second-order valence-electron chi connectivity index (χ2n) is 4.37. The molecule has 0 saturated heterocycles. The molecular formula is C14H16N2O2S. The van der Waals surface area contributed by atoms with Gasteiger partial charge >= 0.3 is 0 Å². The van der Waals surface area contributed by atoms with E-state index in [0.29, 0.717) is 13.2 Å². The quantitative estimate of drug-likeness (QED) is 0.931. The van der Waals surface area contributed by atoms with E-state index in [4.69, 9.17) is 9.47 Å². The van der Waals surface area contributed by atoms with Crippen LogP contribution in [-0.2, 0) is 6.42 Å². The lowest BCUT2D eigenvalue weighted by atomic mass is 10.0. The third kappa shape index (κ3) is 2.72. The highest BCUT2D eigenvalue weighted by Gasteiger charge is 2.17. The highest BCUT2D eigenvalue weighted by molar-refractivity contribution is 7.09. The monoisotopic (exact) mass is 276 g/mol. The fraction of sp³-hybridized carbons (Fsp3) is 0.357. The zero-order chi connectivity index (χ0) is 13.1. The van der Waals surface area contributed by atoms with Crippen LogP contribution in [0.5, 0.6) is 11.5 Å². The summed E-state index contributed by atoms with van der Waals surface area (Å²) in [4.78, 5) is 4.34. The van der Waals surface area contributed by atoms with E-state index in [9.17, 15) is 0 Å². The Kier molecular flexibility index (Phi) is 3.66. The molecule has 0 spiro atoms. The molecule has 1 unspecified atom stereocenters. The number of thiazole rings is 1. The molecular weight excluding hydrogens is 260 g/mol. The highest BCUT2D eigenvalue weighted by atomic mass is 32.1. The van der Waals surface area contributed by atoms with E-state index in [1.165, 1.54) is 5.56 Å². The van der Waals surface area contributed by atoms with Crippen LogP contribution in [-0.4, -0.2) is 25.2 Å². The van der Waals surface area contributed by atoms with Crippen LogP contribution in [0.25, 0.3) is 0 Å². The normalized spacial score (nSPS) is 15.2. The fourth-order valence-corrected chi connectivity index (χ4v) is 2.86. The maximum atomic E-state index is 5.63. The van der Waals surface area contributed by atoms with Gasteiger partial charge in [0.1, 0.15) is 13.2 Å². The molecule has 1 aliphatic heterocycles. The number of hydrogen-bond donors (Lipinski definition) is 1. The molecule has 1 N–H and O–H groups in total. The average Bonchev–Trinajstić information content (AvgIpc) is 2.97. The molecule has 1 atom stereocenters. The van der Waals surface area contributed by atoms with Gasteiger partial charge in [-0.05, 0) is 24.7 Å². The molecule has 4 nitrogen and oxygen atoms in total. The largest absolute Gasteiger partial charge is 0.486 e. The summed E-state index contributed by atoms with van der Waals surface area (Å²) in [6.07, 6.45) is 2.73. The topological polar surface area (TPSA) is 43.4 Å². The molecule has 1 aliphatic rings. The minimum atomic E-state index is 0.238. The summed E-state index contributed by atoms with van der Waals surface area (Å²) in [5, 5.41) is 6.47. The van der Waals surface area contributed by atoms with Crippen LogP contribution in [0.2, 0.25) is 0 Å². The van der Waals surface area contributed by atoms with Gasteiger partial charge in [-0.1, -0.05) is 6.07 Å². The van der Waals surface area contributed by atoms with E-state index in [1.54, 1.807) is 11.3 Å². The van der Waals surface area contributed by atoms with Gasteiger partial charge in [-0.25, -0.2) is 4.98 Å². The van der Waals surface area contributed by atoms with Gasteiger partial charge in [-0.15, -0.1) is 11.3 Å². The third-order valence-corrected chi connectivity index (χ3v) is 3.98. The molecule has 100 valence electrons. The van der Waals surface area contributed by atoms with Gasteiger partial charge < -0.3 is 14.8 Å². The van der Waals surface area contributed by atoms with Gasteiger partial charge in [0.2, 0.25) is 0 Å². The first-order valence-electron chi connectivity index (χ1n) is 6.32. The first-order valence-corrected chi connectivity index (χ1v) is 7.20. The van der Waals surface area contributed by atoms with E-state index in [1.807, 2.05) is 24.7 Å². The Hall–Kier alpha value is -1.59. The molecule has 2 aromatic rings. The van der Waals surface area contributed by atoms with Gasteiger partial charge in [0.25, 0.3) is 0 Å². The van der Waals surface area contributed by atoms with Gasteiger partial charge in [-0.3, -0.25) is 0 Å². The van der Waals surface area contributed by atoms with E-state index in [2.05, 4.69) is 22.4 Å². The summed E-state index contributed by atoms with van der Waals surface area (Å²) in [5.74, 6) is 1.67. The van der Waals surface area contributed by atoms with Gasteiger partial charge in [0, 0.05) is 24.0 Å². The molecule has 0 aliphatic carbocycles. The van der Waals surface area contributed by atoms with Gasteiger partial charge in [0.05, 0.1) is 5.01 Å². The Labute approximate surface area is 116 Å². The van der Waals surface area contributed by atoms with Gasteiger partial charge in [0.15, 0.2) is 11.5 Å². The van der Waals surface area contributed by atoms with Crippen LogP contribution in [0.3, 0.4) is 0 Å². The van der Waals surface area contributed by atoms with Crippen LogP contribution in [0.15, 0.2) is 29.8 Å². The number of nitrogens with one attached hydrogen (secondary N) is 1.